The van der Waals surface area contributed by atoms with E-state index in [1.54, 1.807) is 49.1 Å². The van der Waals surface area contributed by atoms with E-state index in [9.17, 15) is 18.8 Å². The fourth-order valence-electron chi connectivity index (χ4n) is 4.73. The zero-order chi connectivity index (χ0) is 27.2. The lowest BCUT2D eigenvalue weighted by atomic mass is 9.83. The molecule has 1 N–H and O–H groups in total. The maximum absolute atomic E-state index is 13.3. The summed E-state index contributed by atoms with van der Waals surface area (Å²) in [6, 6.07) is 20.8. The SMILES string of the molecule is CCOC(=O)C1=C(C)N(Cc2cccc(C(=O)NCc3ccc(F)cc3)c2)C(=O)CC1c1cccc(C)c1. The average Bonchev–Trinajstić information content (AvgIpc) is 2.90. The first-order valence-electron chi connectivity index (χ1n) is 12.6. The smallest absolute Gasteiger partial charge is 0.336 e. The van der Waals surface area contributed by atoms with Crippen molar-refractivity contribution in [2.24, 2.45) is 0 Å². The molecular weight excluding hydrogens is 483 g/mol. The summed E-state index contributed by atoms with van der Waals surface area (Å²) in [5.41, 5.74) is 4.96. The number of benzene rings is 3. The zero-order valence-electron chi connectivity index (χ0n) is 21.8. The molecule has 0 saturated carbocycles. The van der Waals surface area contributed by atoms with Crippen molar-refractivity contribution >= 4 is 17.8 Å². The quantitative estimate of drug-likeness (QED) is 0.408. The van der Waals surface area contributed by atoms with Crippen LogP contribution in [0.3, 0.4) is 0 Å². The van der Waals surface area contributed by atoms with Crippen LogP contribution < -0.4 is 5.32 Å². The number of aryl methyl sites for hydroxylation is 1. The van der Waals surface area contributed by atoms with Gasteiger partial charge in [0.15, 0.2) is 0 Å². The lowest BCUT2D eigenvalue weighted by molar-refractivity contribution is -0.140. The maximum Gasteiger partial charge on any atom is 0.336 e. The van der Waals surface area contributed by atoms with Crippen LogP contribution in [-0.2, 0) is 27.4 Å². The van der Waals surface area contributed by atoms with Crippen LogP contribution >= 0.6 is 0 Å². The van der Waals surface area contributed by atoms with Crippen molar-refractivity contribution in [3.05, 3.63) is 118 Å². The molecule has 3 aromatic carbocycles. The second-order valence-corrected chi connectivity index (χ2v) is 9.38. The molecule has 1 heterocycles. The molecule has 1 atom stereocenters. The van der Waals surface area contributed by atoms with Crippen LogP contribution in [0.1, 0.15) is 58.8 Å². The lowest BCUT2D eigenvalue weighted by Crippen LogP contribution is -2.38. The first kappa shape index (κ1) is 26.8. The molecule has 1 aliphatic rings. The van der Waals surface area contributed by atoms with Gasteiger partial charge in [0.1, 0.15) is 5.82 Å². The molecule has 0 spiro atoms. The minimum Gasteiger partial charge on any atom is -0.463 e. The molecular formula is C31H31FN2O4. The van der Waals surface area contributed by atoms with Gasteiger partial charge in [-0.15, -0.1) is 0 Å². The van der Waals surface area contributed by atoms with Gasteiger partial charge >= 0.3 is 5.97 Å². The van der Waals surface area contributed by atoms with Crippen LogP contribution in [-0.4, -0.2) is 29.3 Å². The van der Waals surface area contributed by atoms with Gasteiger partial charge < -0.3 is 15.0 Å². The van der Waals surface area contributed by atoms with E-state index < -0.39 is 5.97 Å². The summed E-state index contributed by atoms with van der Waals surface area (Å²) in [4.78, 5) is 40.7. The fraction of sp³-hybridized carbons (Fsp3) is 0.258. The number of rotatable bonds is 8. The number of halogens is 1. The van der Waals surface area contributed by atoms with Crippen LogP contribution in [0.15, 0.2) is 84.1 Å². The summed E-state index contributed by atoms with van der Waals surface area (Å²) < 4.78 is 18.5. The first-order valence-corrected chi connectivity index (χ1v) is 12.6. The van der Waals surface area contributed by atoms with Gasteiger partial charge in [-0.2, -0.15) is 0 Å². The number of carbonyl (C=O) groups excluding carboxylic acids is 3. The predicted molar refractivity (Wildman–Crippen MR) is 142 cm³/mol. The van der Waals surface area contributed by atoms with Crippen LogP contribution in [0.2, 0.25) is 0 Å². The molecule has 1 unspecified atom stereocenters. The van der Waals surface area contributed by atoms with Crippen molar-refractivity contribution in [3.63, 3.8) is 0 Å². The fourth-order valence-corrected chi connectivity index (χ4v) is 4.73. The van der Waals surface area contributed by atoms with Crippen molar-refractivity contribution in [2.45, 2.75) is 46.2 Å². The van der Waals surface area contributed by atoms with Crippen molar-refractivity contribution < 1.29 is 23.5 Å². The Labute approximate surface area is 222 Å². The minimum absolute atomic E-state index is 0.104. The third-order valence-corrected chi connectivity index (χ3v) is 6.66. The van der Waals surface area contributed by atoms with E-state index in [1.807, 2.05) is 37.3 Å². The third-order valence-electron chi connectivity index (χ3n) is 6.66. The Balaban J connectivity index is 1.56. The number of hydrogen-bond donors (Lipinski definition) is 1. The van der Waals surface area contributed by atoms with Gasteiger partial charge in [-0.3, -0.25) is 9.59 Å². The highest BCUT2D eigenvalue weighted by molar-refractivity contribution is 5.96. The van der Waals surface area contributed by atoms with E-state index in [-0.39, 0.29) is 49.7 Å². The van der Waals surface area contributed by atoms with E-state index >= 15 is 0 Å². The monoisotopic (exact) mass is 514 g/mol. The predicted octanol–water partition coefficient (Wildman–Crippen LogP) is 5.42. The molecule has 0 bridgehead atoms. The zero-order valence-corrected chi connectivity index (χ0v) is 21.8. The number of ether oxygens (including phenoxy) is 1. The number of hydrogen-bond acceptors (Lipinski definition) is 4. The van der Waals surface area contributed by atoms with E-state index in [1.165, 1.54) is 12.1 Å². The number of allylic oxidation sites excluding steroid dienone is 1. The molecule has 6 nitrogen and oxygen atoms in total. The molecule has 4 rings (SSSR count). The van der Waals surface area contributed by atoms with Gasteiger partial charge in [0.25, 0.3) is 5.91 Å². The summed E-state index contributed by atoms with van der Waals surface area (Å²) >= 11 is 0. The molecule has 0 fully saturated rings. The second kappa shape index (κ2) is 11.9. The van der Waals surface area contributed by atoms with E-state index in [4.69, 9.17) is 4.74 Å². The molecule has 1 aliphatic heterocycles. The second-order valence-electron chi connectivity index (χ2n) is 9.38. The van der Waals surface area contributed by atoms with E-state index in [0.717, 1.165) is 22.3 Å². The van der Waals surface area contributed by atoms with Crippen LogP contribution in [0, 0.1) is 12.7 Å². The number of carbonyl (C=O) groups is 3. The van der Waals surface area contributed by atoms with E-state index in [2.05, 4.69) is 5.32 Å². The van der Waals surface area contributed by atoms with Crippen LogP contribution in [0.5, 0.6) is 0 Å². The summed E-state index contributed by atoms with van der Waals surface area (Å²) in [6.07, 6.45) is 0.146. The Morgan fingerprint density at radius 2 is 1.74 bits per heavy atom. The summed E-state index contributed by atoms with van der Waals surface area (Å²) in [7, 11) is 0. The van der Waals surface area contributed by atoms with Gasteiger partial charge in [-0.1, -0.05) is 54.1 Å². The number of nitrogens with one attached hydrogen (secondary N) is 1. The summed E-state index contributed by atoms with van der Waals surface area (Å²) in [5, 5.41) is 2.84. The van der Waals surface area contributed by atoms with E-state index in [0.29, 0.717) is 16.8 Å². The summed E-state index contributed by atoms with van der Waals surface area (Å²) in [5.74, 6) is -1.53. The number of nitrogens with zero attached hydrogens (tertiary/aromatic N) is 1. The molecule has 2 amide bonds. The molecule has 0 radical (unpaired) electrons. The normalized spacial score (nSPS) is 15.4. The van der Waals surface area contributed by atoms with Gasteiger partial charge in [-0.05, 0) is 61.7 Å². The number of esters is 1. The van der Waals surface area contributed by atoms with Gasteiger partial charge in [0.2, 0.25) is 5.91 Å². The van der Waals surface area contributed by atoms with Crippen molar-refractivity contribution in [2.75, 3.05) is 6.61 Å². The van der Waals surface area contributed by atoms with Crippen molar-refractivity contribution in [3.8, 4) is 0 Å². The van der Waals surface area contributed by atoms with Crippen molar-refractivity contribution in [1.82, 2.24) is 10.2 Å². The molecule has 38 heavy (non-hydrogen) atoms. The molecule has 3 aromatic rings. The summed E-state index contributed by atoms with van der Waals surface area (Å²) in [6.45, 7) is 6.22. The Morgan fingerprint density at radius 1 is 1.00 bits per heavy atom. The Kier molecular flexibility index (Phi) is 8.36. The van der Waals surface area contributed by atoms with Gasteiger partial charge in [0.05, 0.1) is 18.7 Å². The maximum atomic E-state index is 13.3. The molecule has 196 valence electrons. The van der Waals surface area contributed by atoms with Gasteiger partial charge in [-0.25, -0.2) is 9.18 Å². The Morgan fingerprint density at radius 3 is 2.45 bits per heavy atom. The first-order chi connectivity index (χ1) is 18.3. The molecule has 0 aliphatic carbocycles. The average molecular weight is 515 g/mol. The highest BCUT2D eigenvalue weighted by atomic mass is 19.1. The molecule has 7 heteroatoms. The Bertz CT molecular complexity index is 1380. The highest BCUT2D eigenvalue weighted by Crippen LogP contribution is 2.38. The molecule has 0 saturated heterocycles. The highest BCUT2D eigenvalue weighted by Gasteiger charge is 2.37. The molecule has 0 aromatic heterocycles. The van der Waals surface area contributed by atoms with Crippen LogP contribution in [0.25, 0.3) is 0 Å². The van der Waals surface area contributed by atoms with Crippen LogP contribution in [0.4, 0.5) is 4.39 Å². The lowest BCUT2D eigenvalue weighted by Gasteiger charge is -2.34. The standard InChI is InChI=1S/C31H31FN2O4/c1-4-38-31(37)29-21(3)34(28(35)17-27(29)24-9-5-7-20(2)15-24)19-23-8-6-10-25(16-23)30(36)33-18-22-11-13-26(32)14-12-22/h5-16,27H,4,17-19H2,1-3H3,(H,33,36). The Hall–Kier alpha value is -4.26. The minimum atomic E-state index is -0.428. The van der Waals surface area contributed by atoms with Gasteiger partial charge in [0, 0.05) is 30.1 Å². The largest absolute Gasteiger partial charge is 0.463 e. The number of amides is 2. The third kappa shape index (κ3) is 6.17. The topological polar surface area (TPSA) is 75.7 Å². The van der Waals surface area contributed by atoms with Crippen molar-refractivity contribution in [1.29, 1.82) is 0 Å².